The van der Waals surface area contributed by atoms with Crippen molar-refractivity contribution in [3.8, 4) is 0 Å². The molecule has 1 atom stereocenters. The smallest absolute Gasteiger partial charge is 0.318 e. The number of urea groups is 1. The number of nitrogens with one attached hydrogen (secondary N) is 1. The first-order chi connectivity index (χ1) is 9.74. The van der Waals surface area contributed by atoms with Gasteiger partial charge in [-0.2, -0.15) is 0 Å². The lowest BCUT2D eigenvalue weighted by atomic mass is 10.0. The highest BCUT2D eigenvalue weighted by Gasteiger charge is 2.25. The number of carbonyl (C=O) groups excluding carboxylic acids is 1. The van der Waals surface area contributed by atoms with Crippen molar-refractivity contribution < 1.29 is 9.90 Å². The highest BCUT2D eigenvalue weighted by Crippen LogP contribution is 2.20. The van der Waals surface area contributed by atoms with E-state index in [9.17, 15) is 9.90 Å². The first-order valence-electron chi connectivity index (χ1n) is 7.43. The van der Waals surface area contributed by atoms with E-state index in [-0.39, 0.29) is 18.0 Å². The molecule has 5 nitrogen and oxygen atoms in total. The number of aliphatic hydroxyl groups is 1. The molecular formula is C16H27N3O2. The molecule has 1 aromatic rings. The summed E-state index contributed by atoms with van der Waals surface area (Å²) in [7, 11) is 0. The molecular weight excluding hydrogens is 266 g/mol. The minimum atomic E-state index is -0.911. The van der Waals surface area contributed by atoms with Gasteiger partial charge < -0.3 is 15.3 Å². The normalized spacial score (nSPS) is 13.1. The standard InChI is InChI=1S/C16H27N3O2/c1-6-19(11-16(4,5)21)15(20)18-14(12(2)3)13-9-7-8-10-17-13/h7-10,12,14,21H,6,11H2,1-5H3,(H,18,20)/t14-/m0/s1. The Balaban J connectivity index is 2.81. The lowest BCUT2D eigenvalue weighted by molar-refractivity contribution is 0.0472. The van der Waals surface area contributed by atoms with Gasteiger partial charge in [-0.3, -0.25) is 4.98 Å². The Bertz CT molecular complexity index is 441. The van der Waals surface area contributed by atoms with E-state index < -0.39 is 5.60 Å². The zero-order valence-electron chi connectivity index (χ0n) is 13.6. The second-order valence-corrected chi connectivity index (χ2v) is 6.25. The van der Waals surface area contributed by atoms with Crippen LogP contribution in [-0.4, -0.2) is 39.7 Å². The van der Waals surface area contributed by atoms with Gasteiger partial charge in [-0.15, -0.1) is 0 Å². The van der Waals surface area contributed by atoms with Gasteiger partial charge in [0.1, 0.15) is 0 Å². The summed E-state index contributed by atoms with van der Waals surface area (Å²) in [6.07, 6.45) is 1.73. The lowest BCUT2D eigenvalue weighted by Gasteiger charge is -2.31. The maximum Gasteiger partial charge on any atom is 0.318 e. The van der Waals surface area contributed by atoms with Gasteiger partial charge in [0.2, 0.25) is 0 Å². The summed E-state index contributed by atoms with van der Waals surface area (Å²) in [5.41, 5.74) is -0.0637. The number of hydrogen-bond donors (Lipinski definition) is 2. The average molecular weight is 293 g/mol. The lowest BCUT2D eigenvalue weighted by Crippen LogP contribution is -2.48. The van der Waals surface area contributed by atoms with Crippen LogP contribution < -0.4 is 5.32 Å². The van der Waals surface area contributed by atoms with E-state index in [0.717, 1.165) is 5.69 Å². The fourth-order valence-corrected chi connectivity index (χ4v) is 2.16. The van der Waals surface area contributed by atoms with Crippen LogP contribution in [0.5, 0.6) is 0 Å². The Hall–Kier alpha value is -1.62. The van der Waals surface area contributed by atoms with Crippen LogP contribution >= 0.6 is 0 Å². The third kappa shape index (κ3) is 5.71. The molecule has 0 unspecified atom stereocenters. The maximum atomic E-state index is 12.4. The summed E-state index contributed by atoms with van der Waals surface area (Å²) < 4.78 is 0. The average Bonchev–Trinajstić information content (AvgIpc) is 2.41. The molecule has 0 aromatic carbocycles. The molecule has 118 valence electrons. The van der Waals surface area contributed by atoms with Crippen molar-refractivity contribution in [3.05, 3.63) is 30.1 Å². The van der Waals surface area contributed by atoms with Crippen LogP contribution in [0.1, 0.15) is 46.4 Å². The minimum Gasteiger partial charge on any atom is -0.389 e. The van der Waals surface area contributed by atoms with Crippen LogP contribution in [0.4, 0.5) is 4.79 Å². The molecule has 21 heavy (non-hydrogen) atoms. The molecule has 0 bridgehead atoms. The highest BCUT2D eigenvalue weighted by molar-refractivity contribution is 5.74. The highest BCUT2D eigenvalue weighted by atomic mass is 16.3. The summed E-state index contributed by atoms with van der Waals surface area (Å²) in [5.74, 6) is 0.227. The zero-order valence-corrected chi connectivity index (χ0v) is 13.6. The second-order valence-electron chi connectivity index (χ2n) is 6.25. The number of aromatic nitrogens is 1. The molecule has 0 aliphatic rings. The number of likely N-dealkylation sites (N-methyl/N-ethyl adjacent to an activating group) is 1. The summed E-state index contributed by atoms with van der Waals surface area (Å²) in [6, 6.07) is 5.36. The molecule has 0 radical (unpaired) electrons. The SMILES string of the molecule is CCN(CC(C)(C)O)C(=O)N[C@H](c1ccccn1)C(C)C. The van der Waals surface area contributed by atoms with E-state index >= 15 is 0 Å². The van der Waals surface area contributed by atoms with Crippen LogP contribution in [0.25, 0.3) is 0 Å². The van der Waals surface area contributed by atoms with Gasteiger partial charge in [-0.1, -0.05) is 19.9 Å². The quantitative estimate of drug-likeness (QED) is 0.847. The summed E-state index contributed by atoms with van der Waals surface area (Å²) in [6.45, 7) is 10.2. The van der Waals surface area contributed by atoms with Crippen LogP contribution in [0.2, 0.25) is 0 Å². The largest absolute Gasteiger partial charge is 0.389 e. The van der Waals surface area contributed by atoms with Crippen LogP contribution in [-0.2, 0) is 0 Å². The number of hydrogen-bond acceptors (Lipinski definition) is 3. The molecule has 2 amide bonds. The van der Waals surface area contributed by atoms with Crippen molar-refractivity contribution in [3.63, 3.8) is 0 Å². The molecule has 0 saturated heterocycles. The molecule has 0 saturated carbocycles. The van der Waals surface area contributed by atoms with Gasteiger partial charge in [-0.05, 0) is 38.8 Å². The molecule has 0 aliphatic carbocycles. The number of pyridine rings is 1. The monoisotopic (exact) mass is 293 g/mol. The molecule has 0 aliphatic heterocycles. The van der Waals surface area contributed by atoms with Crippen molar-refractivity contribution in [1.82, 2.24) is 15.2 Å². The second kappa shape index (κ2) is 7.41. The van der Waals surface area contributed by atoms with Gasteiger partial charge in [0, 0.05) is 12.7 Å². The van der Waals surface area contributed by atoms with Crippen molar-refractivity contribution >= 4 is 6.03 Å². The zero-order chi connectivity index (χ0) is 16.0. The molecule has 1 rings (SSSR count). The third-order valence-electron chi connectivity index (χ3n) is 3.20. The topological polar surface area (TPSA) is 65.5 Å². The van der Waals surface area contributed by atoms with Crippen molar-refractivity contribution in [2.24, 2.45) is 5.92 Å². The maximum absolute atomic E-state index is 12.4. The van der Waals surface area contributed by atoms with E-state index in [1.807, 2.05) is 39.0 Å². The fraction of sp³-hybridized carbons (Fsp3) is 0.625. The Morgan fingerprint density at radius 1 is 1.43 bits per heavy atom. The Kier molecular flexibility index (Phi) is 6.15. The number of amides is 2. The Morgan fingerprint density at radius 2 is 2.10 bits per heavy atom. The first-order valence-corrected chi connectivity index (χ1v) is 7.43. The van der Waals surface area contributed by atoms with Gasteiger partial charge >= 0.3 is 6.03 Å². The number of nitrogens with zero attached hydrogens (tertiary/aromatic N) is 2. The predicted octanol–water partition coefficient (Wildman–Crippen LogP) is 2.58. The summed E-state index contributed by atoms with van der Waals surface area (Å²) in [5, 5.41) is 12.9. The number of carbonyl (C=O) groups is 1. The Labute approximate surface area is 127 Å². The molecule has 1 aromatic heterocycles. The first kappa shape index (κ1) is 17.4. The molecule has 1 heterocycles. The van der Waals surface area contributed by atoms with Gasteiger partial charge in [0.15, 0.2) is 0 Å². The summed E-state index contributed by atoms with van der Waals surface area (Å²) in [4.78, 5) is 18.4. The summed E-state index contributed by atoms with van der Waals surface area (Å²) >= 11 is 0. The van der Waals surface area contributed by atoms with E-state index in [2.05, 4.69) is 10.3 Å². The fourth-order valence-electron chi connectivity index (χ4n) is 2.16. The van der Waals surface area contributed by atoms with Crippen LogP contribution in [0.15, 0.2) is 24.4 Å². The van der Waals surface area contributed by atoms with Crippen LogP contribution in [0.3, 0.4) is 0 Å². The molecule has 0 spiro atoms. The van der Waals surface area contributed by atoms with E-state index in [1.165, 1.54) is 0 Å². The van der Waals surface area contributed by atoms with Crippen molar-refractivity contribution in [2.45, 2.75) is 46.3 Å². The molecule has 0 fully saturated rings. The van der Waals surface area contributed by atoms with Crippen LogP contribution in [0, 0.1) is 5.92 Å². The van der Waals surface area contributed by atoms with Gasteiger partial charge in [-0.25, -0.2) is 4.79 Å². The van der Waals surface area contributed by atoms with E-state index in [0.29, 0.717) is 13.1 Å². The van der Waals surface area contributed by atoms with E-state index in [4.69, 9.17) is 0 Å². The predicted molar refractivity (Wildman–Crippen MR) is 83.9 cm³/mol. The third-order valence-corrected chi connectivity index (χ3v) is 3.20. The molecule has 2 N–H and O–H groups in total. The minimum absolute atomic E-state index is 0.144. The van der Waals surface area contributed by atoms with Crippen molar-refractivity contribution in [1.29, 1.82) is 0 Å². The van der Waals surface area contributed by atoms with E-state index in [1.54, 1.807) is 24.9 Å². The Morgan fingerprint density at radius 3 is 2.52 bits per heavy atom. The number of rotatable bonds is 6. The van der Waals surface area contributed by atoms with Gasteiger partial charge in [0.25, 0.3) is 0 Å². The molecule has 5 heteroatoms. The van der Waals surface area contributed by atoms with Gasteiger partial charge in [0.05, 0.1) is 23.9 Å². The van der Waals surface area contributed by atoms with Crippen molar-refractivity contribution in [2.75, 3.05) is 13.1 Å².